The molecule has 0 saturated carbocycles. The molecule has 0 aliphatic rings. The topological polar surface area (TPSA) is 68.9 Å². The zero-order valence-electron chi connectivity index (χ0n) is 14.2. The quantitative estimate of drug-likeness (QED) is 0.261. The summed E-state index contributed by atoms with van der Waals surface area (Å²) >= 11 is 1.78. The van der Waals surface area contributed by atoms with Gasteiger partial charge < -0.3 is 20.5 Å². The number of hydrogen-bond donors (Lipinski definition) is 2. The molecule has 1 aromatic carbocycles. The summed E-state index contributed by atoms with van der Waals surface area (Å²) in [6.45, 7) is 5.47. The van der Waals surface area contributed by atoms with Gasteiger partial charge in [-0.3, -0.25) is 4.99 Å². The fourth-order valence-electron chi connectivity index (χ4n) is 1.87. The van der Waals surface area contributed by atoms with E-state index in [0.717, 1.165) is 16.4 Å². The maximum Gasteiger partial charge on any atom is 0.188 e. The van der Waals surface area contributed by atoms with Crippen LogP contribution in [-0.2, 0) is 4.74 Å². The highest BCUT2D eigenvalue weighted by Crippen LogP contribution is 2.29. The second-order valence-electron chi connectivity index (χ2n) is 5.29. The van der Waals surface area contributed by atoms with Crippen LogP contribution in [0.25, 0.3) is 0 Å². The molecule has 0 saturated heterocycles. The molecule has 132 valence electrons. The van der Waals surface area contributed by atoms with Crippen molar-refractivity contribution < 1.29 is 9.47 Å². The van der Waals surface area contributed by atoms with Crippen LogP contribution >= 0.6 is 35.7 Å². The Kier molecular flexibility index (Phi) is 12.3. The number of para-hydroxylation sites is 1. The molecule has 0 fully saturated rings. The molecule has 0 aliphatic heterocycles. The molecule has 0 amide bonds. The third-order valence-corrected chi connectivity index (χ3v) is 4.36. The van der Waals surface area contributed by atoms with Crippen LogP contribution in [0.1, 0.15) is 13.8 Å². The van der Waals surface area contributed by atoms with E-state index >= 15 is 0 Å². The SMILES string of the molecule is COCC(C)NC(N)=NCC(C)CSc1ccccc1OC.I. The van der Waals surface area contributed by atoms with Gasteiger partial charge in [-0.1, -0.05) is 19.1 Å². The summed E-state index contributed by atoms with van der Waals surface area (Å²) in [6.07, 6.45) is 0. The molecule has 0 aliphatic carbocycles. The molecule has 1 aromatic rings. The number of ether oxygens (including phenoxy) is 2. The van der Waals surface area contributed by atoms with Gasteiger partial charge in [0.05, 0.1) is 13.7 Å². The van der Waals surface area contributed by atoms with E-state index in [9.17, 15) is 0 Å². The first-order valence-corrected chi connectivity index (χ1v) is 8.36. The molecule has 23 heavy (non-hydrogen) atoms. The van der Waals surface area contributed by atoms with Crippen LogP contribution in [0.5, 0.6) is 5.75 Å². The fraction of sp³-hybridized carbons (Fsp3) is 0.562. The van der Waals surface area contributed by atoms with Crippen LogP contribution in [0.2, 0.25) is 0 Å². The van der Waals surface area contributed by atoms with Crippen molar-refractivity contribution in [3.8, 4) is 5.75 Å². The maximum atomic E-state index is 5.86. The van der Waals surface area contributed by atoms with Crippen molar-refractivity contribution in [1.82, 2.24) is 5.32 Å². The minimum absolute atomic E-state index is 0. The van der Waals surface area contributed by atoms with Gasteiger partial charge in [0.1, 0.15) is 5.75 Å². The van der Waals surface area contributed by atoms with Crippen molar-refractivity contribution in [2.24, 2.45) is 16.6 Å². The molecule has 0 heterocycles. The number of nitrogens with one attached hydrogen (secondary N) is 1. The largest absolute Gasteiger partial charge is 0.496 e. The van der Waals surface area contributed by atoms with E-state index < -0.39 is 0 Å². The Bertz CT molecular complexity index is 474. The van der Waals surface area contributed by atoms with Gasteiger partial charge in [0, 0.05) is 30.3 Å². The molecular weight excluding hydrogens is 425 g/mol. The van der Waals surface area contributed by atoms with Crippen molar-refractivity contribution in [3.63, 3.8) is 0 Å². The van der Waals surface area contributed by atoms with E-state index in [0.29, 0.717) is 25.0 Å². The summed E-state index contributed by atoms with van der Waals surface area (Å²) < 4.78 is 10.4. The summed E-state index contributed by atoms with van der Waals surface area (Å²) in [6, 6.07) is 8.20. The van der Waals surface area contributed by atoms with Crippen molar-refractivity contribution in [2.75, 3.05) is 33.1 Å². The van der Waals surface area contributed by atoms with Crippen molar-refractivity contribution in [3.05, 3.63) is 24.3 Å². The number of methoxy groups -OCH3 is 2. The van der Waals surface area contributed by atoms with Gasteiger partial charge in [-0.05, 0) is 25.0 Å². The number of benzene rings is 1. The Balaban J connectivity index is 0.00000484. The zero-order valence-corrected chi connectivity index (χ0v) is 17.4. The zero-order chi connectivity index (χ0) is 16.4. The molecule has 0 aromatic heterocycles. The summed E-state index contributed by atoms with van der Waals surface area (Å²) in [4.78, 5) is 5.54. The number of thioether (sulfide) groups is 1. The number of nitrogens with two attached hydrogens (primary N) is 1. The number of guanidine groups is 1. The first kappa shape index (κ1) is 22.3. The van der Waals surface area contributed by atoms with Crippen molar-refractivity contribution >= 4 is 41.7 Å². The fourth-order valence-corrected chi connectivity index (χ4v) is 2.90. The second kappa shape index (κ2) is 12.7. The van der Waals surface area contributed by atoms with Gasteiger partial charge in [-0.2, -0.15) is 0 Å². The van der Waals surface area contributed by atoms with Gasteiger partial charge in [0.2, 0.25) is 0 Å². The van der Waals surface area contributed by atoms with Crippen LogP contribution < -0.4 is 15.8 Å². The summed E-state index contributed by atoms with van der Waals surface area (Å²) in [7, 11) is 3.36. The molecule has 2 unspecified atom stereocenters. The lowest BCUT2D eigenvalue weighted by Gasteiger charge is -2.14. The lowest BCUT2D eigenvalue weighted by molar-refractivity contribution is 0.179. The number of nitrogens with zero attached hydrogens (tertiary/aromatic N) is 1. The van der Waals surface area contributed by atoms with E-state index in [1.807, 2.05) is 25.1 Å². The minimum Gasteiger partial charge on any atom is -0.496 e. The predicted molar refractivity (Wildman–Crippen MR) is 109 cm³/mol. The number of hydrogen-bond acceptors (Lipinski definition) is 4. The predicted octanol–water partition coefficient (Wildman–Crippen LogP) is 2.98. The third kappa shape index (κ3) is 9.26. The number of halogens is 1. The van der Waals surface area contributed by atoms with E-state index in [-0.39, 0.29) is 30.0 Å². The smallest absolute Gasteiger partial charge is 0.188 e. The lowest BCUT2D eigenvalue weighted by Crippen LogP contribution is -2.41. The van der Waals surface area contributed by atoms with E-state index in [2.05, 4.69) is 23.3 Å². The molecule has 7 heteroatoms. The van der Waals surface area contributed by atoms with E-state index in [4.69, 9.17) is 15.2 Å². The van der Waals surface area contributed by atoms with E-state index in [1.54, 1.807) is 26.0 Å². The Morgan fingerprint density at radius 2 is 2.00 bits per heavy atom. The molecule has 5 nitrogen and oxygen atoms in total. The number of aliphatic imine (C=N–C) groups is 1. The van der Waals surface area contributed by atoms with Crippen LogP contribution in [0.4, 0.5) is 0 Å². The van der Waals surface area contributed by atoms with Crippen LogP contribution in [0.15, 0.2) is 34.2 Å². The van der Waals surface area contributed by atoms with Gasteiger partial charge in [0.15, 0.2) is 5.96 Å². The Morgan fingerprint density at radius 3 is 2.65 bits per heavy atom. The minimum atomic E-state index is 0. The number of rotatable bonds is 9. The highest BCUT2D eigenvalue weighted by atomic mass is 127. The average molecular weight is 453 g/mol. The van der Waals surface area contributed by atoms with Crippen molar-refractivity contribution in [2.45, 2.75) is 24.8 Å². The summed E-state index contributed by atoms with van der Waals surface area (Å²) in [5.41, 5.74) is 5.86. The van der Waals surface area contributed by atoms with Gasteiger partial charge in [-0.15, -0.1) is 35.7 Å². The van der Waals surface area contributed by atoms with E-state index in [1.165, 1.54) is 0 Å². The normalized spacial score (nSPS) is 13.8. The molecule has 0 spiro atoms. The Morgan fingerprint density at radius 1 is 1.30 bits per heavy atom. The van der Waals surface area contributed by atoms with Crippen LogP contribution in [0.3, 0.4) is 0 Å². The van der Waals surface area contributed by atoms with Crippen LogP contribution in [-0.4, -0.2) is 45.1 Å². The first-order valence-electron chi connectivity index (χ1n) is 7.38. The Labute approximate surface area is 160 Å². The van der Waals surface area contributed by atoms with Gasteiger partial charge >= 0.3 is 0 Å². The first-order chi connectivity index (χ1) is 10.6. The van der Waals surface area contributed by atoms with Gasteiger partial charge in [0.25, 0.3) is 0 Å². The maximum absolute atomic E-state index is 5.86. The molecule has 1 rings (SSSR count). The lowest BCUT2D eigenvalue weighted by atomic mass is 10.2. The third-order valence-electron chi connectivity index (χ3n) is 2.98. The second-order valence-corrected chi connectivity index (χ2v) is 6.36. The Hall–Kier alpha value is -0.670. The van der Waals surface area contributed by atoms with Crippen molar-refractivity contribution in [1.29, 1.82) is 0 Å². The molecule has 3 N–H and O–H groups in total. The highest BCUT2D eigenvalue weighted by Gasteiger charge is 2.07. The molecule has 0 radical (unpaired) electrons. The summed E-state index contributed by atoms with van der Waals surface area (Å²) in [5, 5.41) is 3.10. The molecule has 2 atom stereocenters. The van der Waals surface area contributed by atoms with Crippen LogP contribution in [0, 0.1) is 5.92 Å². The standard InChI is InChI=1S/C16H27N3O2S.HI/c1-12(9-18-16(17)19-13(2)10-20-3)11-22-15-8-6-5-7-14(15)21-4;/h5-8,12-13H,9-11H2,1-4H3,(H3,17,18,19);1H. The average Bonchev–Trinajstić information content (AvgIpc) is 2.51. The monoisotopic (exact) mass is 453 g/mol. The highest BCUT2D eigenvalue weighted by molar-refractivity contribution is 14.0. The molecule has 0 bridgehead atoms. The molecular formula is C16H28IN3O2S. The summed E-state index contributed by atoms with van der Waals surface area (Å²) in [5.74, 6) is 2.77. The van der Waals surface area contributed by atoms with Gasteiger partial charge in [-0.25, -0.2) is 0 Å².